The van der Waals surface area contributed by atoms with E-state index in [0.29, 0.717) is 0 Å². The summed E-state index contributed by atoms with van der Waals surface area (Å²) < 4.78 is 41.3. The van der Waals surface area contributed by atoms with Crippen LogP contribution in [0.1, 0.15) is 10.4 Å². The maximum atomic E-state index is 13.3. The third kappa shape index (κ3) is 4.62. The van der Waals surface area contributed by atoms with Crippen molar-refractivity contribution in [2.75, 3.05) is 25.5 Å². The highest BCUT2D eigenvalue weighted by Gasteiger charge is 2.11. The van der Waals surface area contributed by atoms with Gasteiger partial charge >= 0.3 is 0 Å². The van der Waals surface area contributed by atoms with E-state index in [1.54, 1.807) is 0 Å². The van der Waals surface area contributed by atoms with Crippen molar-refractivity contribution in [2.24, 2.45) is 0 Å². The fraction of sp³-hybridized carbons (Fsp3) is 0.364. The van der Waals surface area contributed by atoms with Gasteiger partial charge in [-0.05, 0) is 18.2 Å². The first-order valence-corrected chi connectivity index (χ1v) is 5.20. The molecule has 0 atom stereocenters. The Morgan fingerprint density at radius 1 is 1.44 bits per heavy atom. The Kier molecular flexibility index (Phi) is 5.44. The van der Waals surface area contributed by atoms with Gasteiger partial charge in [0, 0.05) is 12.2 Å². The van der Waals surface area contributed by atoms with E-state index >= 15 is 0 Å². The van der Waals surface area contributed by atoms with Crippen LogP contribution < -0.4 is 11.1 Å². The van der Waals surface area contributed by atoms with E-state index in [1.807, 2.05) is 0 Å². The van der Waals surface area contributed by atoms with Crippen LogP contribution >= 0.6 is 0 Å². The number of ether oxygens (including phenoxy) is 1. The lowest BCUT2D eigenvalue weighted by Gasteiger charge is -2.07. The molecule has 0 saturated heterocycles. The van der Waals surface area contributed by atoms with Crippen LogP contribution in [0.5, 0.6) is 0 Å². The molecule has 0 aliphatic carbocycles. The first kappa shape index (κ1) is 14.3. The van der Waals surface area contributed by atoms with Gasteiger partial charge in [0.05, 0.1) is 12.2 Å². The van der Waals surface area contributed by atoms with Gasteiger partial charge in [0.1, 0.15) is 12.4 Å². The highest BCUT2D eigenvalue weighted by molar-refractivity contribution is 5.94. The predicted octanol–water partition coefficient (Wildman–Crippen LogP) is 1.42. The Hall–Kier alpha value is -1.76. The molecule has 0 radical (unpaired) electrons. The lowest BCUT2D eigenvalue weighted by Crippen LogP contribution is -2.28. The van der Waals surface area contributed by atoms with Gasteiger partial charge in [-0.25, -0.2) is 13.2 Å². The van der Waals surface area contributed by atoms with E-state index in [9.17, 15) is 18.0 Å². The van der Waals surface area contributed by atoms with E-state index in [-0.39, 0.29) is 24.4 Å². The van der Waals surface area contributed by atoms with Gasteiger partial charge in [-0.3, -0.25) is 4.79 Å². The fourth-order valence-corrected chi connectivity index (χ4v) is 1.22. The number of alkyl halides is 2. The number of halogens is 3. The maximum absolute atomic E-state index is 13.3. The van der Waals surface area contributed by atoms with E-state index in [0.717, 1.165) is 6.07 Å². The minimum atomic E-state index is -2.55. The van der Waals surface area contributed by atoms with Crippen molar-refractivity contribution >= 4 is 11.6 Å². The van der Waals surface area contributed by atoms with Crippen LogP contribution in [-0.4, -0.2) is 32.1 Å². The SMILES string of the molecule is Nc1ccc(C(=O)NCCOCC(F)F)c(F)c1. The molecule has 0 heterocycles. The molecule has 7 heteroatoms. The van der Waals surface area contributed by atoms with Gasteiger partial charge in [-0.2, -0.15) is 0 Å². The molecule has 0 aromatic heterocycles. The second kappa shape index (κ2) is 6.85. The molecule has 4 nitrogen and oxygen atoms in total. The van der Waals surface area contributed by atoms with Gasteiger partial charge in [0.2, 0.25) is 0 Å². The Bertz CT molecular complexity index is 413. The quantitative estimate of drug-likeness (QED) is 0.602. The summed E-state index contributed by atoms with van der Waals surface area (Å²) in [5.74, 6) is -1.38. The normalized spacial score (nSPS) is 10.7. The van der Waals surface area contributed by atoms with Gasteiger partial charge in [0.15, 0.2) is 0 Å². The maximum Gasteiger partial charge on any atom is 0.261 e. The molecule has 3 N–H and O–H groups in total. The Morgan fingerprint density at radius 2 is 2.17 bits per heavy atom. The Labute approximate surface area is 102 Å². The second-order valence-corrected chi connectivity index (χ2v) is 3.46. The largest absolute Gasteiger partial charge is 0.399 e. The summed E-state index contributed by atoms with van der Waals surface area (Å²) >= 11 is 0. The Morgan fingerprint density at radius 3 is 2.78 bits per heavy atom. The molecule has 18 heavy (non-hydrogen) atoms. The van der Waals surface area contributed by atoms with Gasteiger partial charge in [-0.1, -0.05) is 0 Å². The number of nitrogens with one attached hydrogen (secondary N) is 1. The predicted molar refractivity (Wildman–Crippen MR) is 60.0 cm³/mol. The first-order chi connectivity index (χ1) is 8.50. The molecule has 0 fully saturated rings. The molecular formula is C11H13F3N2O2. The highest BCUT2D eigenvalue weighted by atomic mass is 19.3. The van der Waals surface area contributed by atoms with Crippen molar-refractivity contribution in [3.63, 3.8) is 0 Å². The minimum Gasteiger partial charge on any atom is -0.399 e. The third-order valence-corrected chi connectivity index (χ3v) is 2.01. The topological polar surface area (TPSA) is 64.4 Å². The summed E-state index contributed by atoms with van der Waals surface area (Å²) in [6.45, 7) is -0.728. The molecule has 1 aromatic rings. The zero-order valence-electron chi connectivity index (χ0n) is 9.46. The molecule has 0 unspecified atom stereocenters. The second-order valence-electron chi connectivity index (χ2n) is 3.46. The van der Waals surface area contributed by atoms with E-state index in [1.165, 1.54) is 12.1 Å². The van der Waals surface area contributed by atoms with Crippen molar-refractivity contribution < 1.29 is 22.7 Å². The van der Waals surface area contributed by atoms with Crippen LogP contribution in [0, 0.1) is 5.82 Å². The number of carbonyl (C=O) groups is 1. The number of hydrogen-bond acceptors (Lipinski definition) is 3. The van der Waals surface area contributed by atoms with Crippen molar-refractivity contribution in [3.05, 3.63) is 29.6 Å². The molecule has 1 aromatic carbocycles. The van der Waals surface area contributed by atoms with Gasteiger partial charge in [-0.15, -0.1) is 0 Å². The van der Waals surface area contributed by atoms with Gasteiger partial charge in [0.25, 0.3) is 12.3 Å². The highest BCUT2D eigenvalue weighted by Crippen LogP contribution is 2.11. The third-order valence-electron chi connectivity index (χ3n) is 2.01. The number of carbonyl (C=O) groups excluding carboxylic acids is 1. The summed E-state index contributed by atoms with van der Waals surface area (Å²) in [6, 6.07) is 3.67. The summed E-state index contributed by atoms with van der Waals surface area (Å²) in [5.41, 5.74) is 5.39. The lowest BCUT2D eigenvalue weighted by molar-refractivity contribution is 0.0188. The number of benzene rings is 1. The average molecular weight is 262 g/mol. The molecule has 0 bridgehead atoms. The number of amides is 1. The monoisotopic (exact) mass is 262 g/mol. The van der Waals surface area contributed by atoms with Crippen molar-refractivity contribution in [1.29, 1.82) is 0 Å². The minimum absolute atomic E-state index is 0.0232. The fourth-order valence-electron chi connectivity index (χ4n) is 1.22. The van der Waals surface area contributed by atoms with Crippen molar-refractivity contribution in [1.82, 2.24) is 5.32 Å². The first-order valence-electron chi connectivity index (χ1n) is 5.20. The van der Waals surface area contributed by atoms with Crippen LogP contribution in [-0.2, 0) is 4.74 Å². The van der Waals surface area contributed by atoms with Gasteiger partial charge < -0.3 is 15.8 Å². The molecule has 1 amide bonds. The molecular weight excluding hydrogens is 249 g/mol. The zero-order valence-corrected chi connectivity index (χ0v) is 9.46. The van der Waals surface area contributed by atoms with Crippen LogP contribution in [0.3, 0.4) is 0 Å². The smallest absolute Gasteiger partial charge is 0.261 e. The van der Waals surface area contributed by atoms with Crippen LogP contribution in [0.4, 0.5) is 18.9 Å². The number of nitrogen functional groups attached to an aromatic ring is 1. The molecule has 0 spiro atoms. The van der Waals surface area contributed by atoms with Crippen molar-refractivity contribution in [3.8, 4) is 0 Å². The number of anilines is 1. The van der Waals surface area contributed by atoms with Crippen LogP contribution in [0.25, 0.3) is 0 Å². The number of nitrogens with two attached hydrogens (primary N) is 1. The summed E-state index contributed by atoms with van der Waals surface area (Å²) in [7, 11) is 0. The number of hydrogen-bond donors (Lipinski definition) is 2. The molecule has 100 valence electrons. The average Bonchev–Trinajstić information content (AvgIpc) is 2.27. The molecule has 0 aliphatic heterocycles. The Balaban J connectivity index is 2.36. The molecule has 1 rings (SSSR count). The van der Waals surface area contributed by atoms with E-state index in [4.69, 9.17) is 5.73 Å². The number of rotatable bonds is 6. The standard InChI is InChI=1S/C11H13F3N2O2/c12-9-5-7(15)1-2-8(9)11(17)16-3-4-18-6-10(13)14/h1-2,5,10H,3-4,6,15H2,(H,16,17). The van der Waals surface area contributed by atoms with E-state index in [2.05, 4.69) is 10.1 Å². The molecule has 0 saturated carbocycles. The summed E-state index contributed by atoms with van der Waals surface area (Å²) in [4.78, 5) is 11.5. The lowest BCUT2D eigenvalue weighted by atomic mass is 10.2. The van der Waals surface area contributed by atoms with Crippen LogP contribution in [0.15, 0.2) is 18.2 Å². The zero-order chi connectivity index (χ0) is 13.5. The summed E-state index contributed by atoms with van der Waals surface area (Å²) in [6.07, 6.45) is -2.55. The molecule has 0 aliphatic rings. The summed E-state index contributed by atoms with van der Waals surface area (Å²) in [5, 5.41) is 2.34. The van der Waals surface area contributed by atoms with Crippen molar-refractivity contribution in [2.45, 2.75) is 6.43 Å². The van der Waals surface area contributed by atoms with Crippen LogP contribution in [0.2, 0.25) is 0 Å². The van der Waals surface area contributed by atoms with E-state index < -0.39 is 24.8 Å².